The van der Waals surface area contributed by atoms with Gasteiger partial charge in [-0.15, -0.1) is 0 Å². The third kappa shape index (κ3) is 5.04. The number of hydrogen-bond acceptors (Lipinski definition) is 6. The van der Waals surface area contributed by atoms with Crippen LogP contribution in [0.2, 0.25) is 0 Å². The Morgan fingerprint density at radius 2 is 1.92 bits per heavy atom. The third-order valence-electron chi connectivity index (χ3n) is 3.28. The Morgan fingerprint density at radius 1 is 1.16 bits per heavy atom. The van der Waals surface area contributed by atoms with Crippen LogP contribution >= 0.6 is 15.9 Å². The monoisotopic (exact) mass is 407 g/mol. The quantitative estimate of drug-likeness (QED) is 0.513. The number of carbonyl (C=O) groups excluding carboxylic acids is 1. The van der Waals surface area contributed by atoms with Crippen LogP contribution in [0.1, 0.15) is 21.5 Å². The molecule has 0 aliphatic heterocycles. The van der Waals surface area contributed by atoms with E-state index >= 15 is 0 Å². The highest BCUT2D eigenvalue weighted by Gasteiger charge is 2.08. The van der Waals surface area contributed by atoms with Crippen molar-refractivity contribution in [3.05, 3.63) is 51.6 Å². The van der Waals surface area contributed by atoms with Gasteiger partial charge in [-0.05, 0) is 17.7 Å². The second-order valence-corrected chi connectivity index (χ2v) is 5.73. The summed E-state index contributed by atoms with van der Waals surface area (Å²) in [6.07, 6.45) is 5.33. The molecule has 1 aromatic heterocycles. The second kappa shape index (κ2) is 9.19. The SMILES string of the molecule is COCOc1cnc(OC)cc1/C=C/c1ccc(C(=O)OC)cc1Br. The highest BCUT2D eigenvalue weighted by Crippen LogP contribution is 2.26. The minimum absolute atomic E-state index is 0.117. The Balaban J connectivity index is 2.30. The number of halogens is 1. The van der Waals surface area contributed by atoms with E-state index in [1.54, 1.807) is 38.6 Å². The summed E-state index contributed by atoms with van der Waals surface area (Å²) in [5, 5.41) is 0. The number of carbonyl (C=O) groups is 1. The van der Waals surface area contributed by atoms with Gasteiger partial charge in [0.2, 0.25) is 5.88 Å². The first-order valence-electron chi connectivity index (χ1n) is 7.30. The average molecular weight is 408 g/mol. The topological polar surface area (TPSA) is 66.9 Å². The molecule has 0 radical (unpaired) electrons. The number of nitrogens with zero attached hydrogens (tertiary/aromatic N) is 1. The van der Waals surface area contributed by atoms with Crippen LogP contribution in [0, 0.1) is 0 Å². The zero-order valence-corrected chi connectivity index (χ0v) is 15.7. The largest absolute Gasteiger partial charge is 0.481 e. The first-order valence-corrected chi connectivity index (χ1v) is 8.10. The molecule has 0 saturated carbocycles. The summed E-state index contributed by atoms with van der Waals surface area (Å²) in [5.74, 6) is 0.663. The summed E-state index contributed by atoms with van der Waals surface area (Å²) in [6.45, 7) is 0.117. The van der Waals surface area contributed by atoms with Crippen LogP contribution in [0.25, 0.3) is 12.2 Å². The van der Waals surface area contributed by atoms with E-state index in [1.165, 1.54) is 7.11 Å². The molecular weight excluding hydrogens is 390 g/mol. The summed E-state index contributed by atoms with van der Waals surface area (Å²) in [4.78, 5) is 15.7. The van der Waals surface area contributed by atoms with Crippen molar-refractivity contribution in [3.63, 3.8) is 0 Å². The van der Waals surface area contributed by atoms with Gasteiger partial charge in [0.15, 0.2) is 6.79 Å². The van der Waals surface area contributed by atoms with Crippen LogP contribution in [-0.2, 0) is 9.47 Å². The maximum atomic E-state index is 11.6. The number of rotatable bonds is 7. The lowest BCUT2D eigenvalue weighted by Crippen LogP contribution is -2.01. The van der Waals surface area contributed by atoms with Gasteiger partial charge in [0.25, 0.3) is 0 Å². The fourth-order valence-corrected chi connectivity index (χ4v) is 2.52. The van der Waals surface area contributed by atoms with Crippen molar-refractivity contribution < 1.29 is 23.7 Å². The maximum absolute atomic E-state index is 11.6. The first-order chi connectivity index (χ1) is 12.1. The normalized spacial score (nSPS) is 10.7. The van der Waals surface area contributed by atoms with E-state index in [4.69, 9.17) is 18.9 Å². The molecule has 0 amide bonds. The summed E-state index contributed by atoms with van der Waals surface area (Å²) in [7, 11) is 4.45. The number of esters is 1. The molecule has 0 fully saturated rings. The lowest BCUT2D eigenvalue weighted by atomic mass is 10.1. The standard InChI is InChI=1S/C18H18BrNO5/c1-22-11-25-16-10-20-17(23-2)9-13(16)6-4-12-5-7-14(8-15(12)19)18(21)24-3/h4-10H,11H2,1-3H3/b6-4+. The molecule has 132 valence electrons. The molecule has 0 saturated heterocycles. The first kappa shape index (κ1) is 19.0. The summed E-state index contributed by atoms with van der Waals surface area (Å²) >= 11 is 3.46. The lowest BCUT2D eigenvalue weighted by molar-refractivity contribution is 0.0506. The summed E-state index contributed by atoms with van der Waals surface area (Å²) in [6, 6.07) is 6.99. The molecule has 7 heteroatoms. The molecule has 0 atom stereocenters. The van der Waals surface area contributed by atoms with Crippen molar-refractivity contribution in [2.75, 3.05) is 28.1 Å². The average Bonchev–Trinajstić information content (AvgIpc) is 2.64. The molecule has 0 N–H and O–H groups in total. The van der Waals surface area contributed by atoms with Crippen molar-refractivity contribution >= 4 is 34.1 Å². The van der Waals surface area contributed by atoms with Crippen molar-refractivity contribution in [2.24, 2.45) is 0 Å². The van der Waals surface area contributed by atoms with Crippen molar-refractivity contribution in [3.8, 4) is 11.6 Å². The van der Waals surface area contributed by atoms with Crippen LogP contribution in [0.4, 0.5) is 0 Å². The Hall–Kier alpha value is -2.38. The van der Waals surface area contributed by atoms with E-state index < -0.39 is 0 Å². The van der Waals surface area contributed by atoms with Crippen LogP contribution in [0.15, 0.2) is 34.9 Å². The van der Waals surface area contributed by atoms with Crippen LogP contribution in [-0.4, -0.2) is 39.1 Å². The molecule has 2 aromatic rings. The second-order valence-electron chi connectivity index (χ2n) is 4.88. The Labute approximate surface area is 154 Å². The van der Waals surface area contributed by atoms with Crippen LogP contribution in [0.5, 0.6) is 11.6 Å². The van der Waals surface area contributed by atoms with E-state index in [0.29, 0.717) is 17.2 Å². The molecule has 0 aliphatic carbocycles. The van der Waals surface area contributed by atoms with Gasteiger partial charge < -0.3 is 18.9 Å². The van der Waals surface area contributed by atoms with Crippen LogP contribution < -0.4 is 9.47 Å². The third-order valence-corrected chi connectivity index (χ3v) is 3.96. The van der Waals surface area contributed by atoms with Crippen molar-refractivity contribution in [2.45, 2.75) is 0 Å². The molecule has 0 unspecified atom stereocenters. The number of pyridine rings is 1. The van der Waals surface area contributed by atoms with Gasteiger partial charge in [-0.25, -0.2) is 9.78 Å². The lowest BCUT2D eigenvalue weighted by Gasteiger charge is -2.09. The van der Waals surface area contributed by atoms with Gasteiger partial charge in [0.05, 0.1) is 26.0 Å². The van der Waals surface area contributed by atoms with Gasteiger partial charge in [0, 0.05) is 23.2 Å². The van der Waals surface area contributed by atoms with E-state index in [0.717, 1.165) is 15.6 Å². The van der Waals surface area contributed by atoms with Crippen molar-refractivity contribution in [1.29, 1.82) is 0 Å². The molecule has 1 aromatic carbocycles. The number of benzene rings is 1. The van der Waals surface area contributed by atoms with Gasteiger partial charge >= 0.3 is 5.97 Å². The minimum atomic E-state index is -0.384. The molecule has 25 heavy (non-hydrogen) atoms. The van der Waals surface area contributed by atoms with Gasteiger partial charge in [-0.1, -0.05) is 34.1 Å². The van der Waals surface area contributed by atoms with Gasteiger partial charge in [-0.3, -0.25) is 0 Å². The highest BCUT2D eigenvalue weighted by atomic mass is 79.9. The van der Waals surface area contributed by atoms with Gasteiger partial charge in [0.1, 0.15) is 5.75 Å². The highest BCUT2D eigenvalue weighted by molar-refractivity contribution is 9.10. The van der Waals surface area contributed by atoms with E-state index in [2.05, 4.69) is 20.9 Å². The number of methoxy groups -OCH3 is 3. The van der Waals surface area contributed by atoms with E-state index in [1.807, 2.05) is 18.2 Å². The molecule has 0 bridgehead atoms. The maximum Gasteiger partial charge on any atom is 0.337 e. The Morgan fingerprint density at radius 3 is 2.56 bits per heavy atom. The predicted molar refractivity (Wildman–Crippen MR) is 97.7 cm³/mol. The van der Waals surface area contributed by atoms with Crippen molar-refractivity contribution in [1.82, 2.24) is 4.98 Å². The Kier molecular flexibility index (Phi) is 6.97. The predicted octanol–water partition coefficient (Wildman–Crippen LogP) is 3.79. The molecular formula is C18H18BrNO5. The fourth-order valence-electron chi connectivity index (χ4n) is 2.01. The summed E-state index contributed by atoms with van der Waals surface area (Å²) in [5.41, 5.74) is 2.15. The molecule has 1 heterocycles. The number of ether oxygens (including phenoxy) is 4. The number of hydrogen-bond donors (Lipinski definition) is 0. The minimum Gasteiger partial charge on any atom is -0.481 e. The van der Waals surface area contributed by atoms with Crippen LogP contribution in [0.3, 0.4) is 0 Å². The smallest absolute Gasteiger partial charge is 0.337 e. The molecule has 2 rings (SSSR count). The Bertz CT molecular complexity index is 776. The fraction of sp³-hybridized carbons (Fsp3) is 0.222. The molecule has 0 aliphatic rings. The zero-order chi connectivity index (χ0) is 18.2. The zero-order valence-electron chi connectivity index (χ0n) is 14.1. The van der Waals surface area contributed by atoms with E-state index in [9.17, 15) is 4.79 Å². The van der Waals surface area contributed by atoms with E-state index in [-0.39, 0.29) is 12.8 Å². The summed E-state index contributed by atoms with van der Waals surface area (Å²) < 4.78 is 21.1. The molecule has 6 nitrogen and oxygen atoms in total. The van der Waals surface area contributed by atoms with Gasteiger partial charge in [-0.2, -0.15) is 0 Å². The number of aromatic nitrogens is 1. The molecule has 0 spiro atoms.